The number of allylic oxidation sites excluding steroid dienone is 5. The number of H-pyrrole nitrogens is 2. The number of aromatic nitrogens is 4. The Morgan fingerprint density at radius 1 is 1.00 bits per heavy atom. The molecule has 1 fully saturated rings. The second-order valence-electron chi connectivity index (χ2n) is 16.0. The Hall–Kier alpha value is -5.48. The topological polar surface area (TPSA) is 200 Å². The largest absolute Gasteiger partial charge is 0.460 e. The van der Waals surface area contributed by atoms with Crippen molar-refractivity contribution in [2.24, 2.45) is 5.73 Å². The van der Waals surface area contributed by atoms with Crippen LogP contribution in [0.15, 0.2) is 30.4 Å². The van der Waals surface area contributed by atoms with Crippen molar-refractivity contribution >= 4 is 57.0 Å². The molecule has 0 saturated carbocycles. The van der Waals surface area contributed by atoms with Crippen LogP contribution in [0.25, 0.3) is 33.3 Å². The van der Waals surface area contributed by atoms with Crippen LogP contribution in [-0.4, -0.2) is 136 Å². The van der Waals surface area contributed by atoms with Crippen LogP contribution in [0.2, 0.25) is 0 Å². The van der Waals surface area contributed by atoms with Gasteiger partial charge in [0, 0.05) is 93.1 Å². The van der Waals surface area contributed by atoms with Crippen molar-refractivity contribution in [3.63, 3.8) is 0 Å². The lowest BCUT2D eigenvalue weighted by Crippen LogP contribution is -2.47. The maximum atomic E-state index is 15.0. The lowest BCUT2D eigenvalue weighted by Gasteiger charge is -2.31. The van der Waals surface area contributed by atoms with Crippen LogP contribution in [0, 0.1) is 6.92 Å². The number of likely N-dealkylation sites (N-methyl/N-ethyl adjacent to an activating group) is 1. The first kappa shape index (κ1) is 42.6. The quantitative estimate of drug-likeness (QED) is 0.124. The van der Waals surface area contributed by atoms with Gasteiger partial charge in [-0.15, -0.1) is 0 Å². The summed E-state index contributed by atoms with van der Waals surface area (Å²) in [5, 5.41) is 9.18. The fraction of sp³-hybridized carbons (Fsp3) is 0.467. The van der Waals surface area contributed by atoms with Gasteiger partial charge in [-0.2, -0.15) is 0 Å². The molecular weight excluding hydrogens is 765 g/mol. The zero-order chi connectivity index (χ0) is 42.8. The number of aromatic amines is 2. The number of aliphatic hydroxyl groups is 1. The predicted molar refractivity (Wildman–Crippen MR) is 229 cm³/mol. The van der Waals surface area contributed by atoms with Crippen LogP contribution in [0.4, 0.5) is 0 Å². The number of imide groups is 1. The fourth-order valence-electron chi connectivity index (χ4n) is 8.79. The van der Waals surface area contributed by atoms with E-state index in [2.05, 4.69) is 28.7 Å². The Bertz CT molecular complexity index is 2380. The molecule has 1 saturated heterocycles. The van der Waals surface area contributed by atoms with E-state index >= 15 is 4.79 Å². The Morgan fingerprint density at radius 3 is 2.43 bits per heavy atom. The molecule has 0 radical (unpaired) electrons. The summed E-state index contributed by atoms with van der Waals surface area (Å²) in [4.78, 5) is 78.1. The molecule has 15 nitrogen and oxygen atoms in total. The number of nitrogens with one attached hydrogen (secondary N) is 2. The number of nitrogens with zero attached hydrogens (tertiary/aromatic N) is 5. The minimum atomic E-state index is -0.590. The number of hydrogen-bond acceptors (Lipinski definition) is 11. The normalized spacial score (nSPS) is 18.8. The molecule has 0 unspecified atom stereocenters. The highest BCUT2D eigenvalue weighted by molar-refractivity contribution is 6.23. The molecule has 2 aromatic rings. The minimum absolute atomic E-state index is 0.0514. The van der Waals surface area contributed by atoms with Crippen molar-refractivity contribution in [2.75, 3.05) is 72.7 Å². The van der Waals surface area contributed by atoms with Crippen molar-refractivity contribution in [1.29, 1.82) is 0 Å². The fourth-order valence-corrected chi connectivity index (χ4v) is 8.79. The van der Waals surface area contributed by atoms with Crippen LogP contribution < -0.4 is 5.73 Å². The molecule has 2 aromatic heterocycles. The SMILES string of the molecule is CCC1=C(C)c2cc3nc(cc4[nH]c(c5c6[nH]c(cc1n2)c(C)c6C(=O)N(CCN1CCOCC1)C5=O)[C@@H](CCC(=O)N(C)CCN)[C@@H]4C)C(C)=C3/C=C/C(=O)OCCO. The first-order valence-corrected chi connectivity index (χ1v) is 20.9. The van der Waals surface area contributed by atoms with Gasteiger partial charge in [-0.1, -0.05) is 13.8 Å². The van der Waals surface area contributed by atoms with Gasteiger partial charge < -0.3 is 35.2 Å². The number of aryl methyl sites for hydroxylation is 1. The molecule has 3 amide bonds. The smallest absolute Gasteiger partial charge is 0.330 e. The third-order valence-corrected chi connectivity index (χ3v) is 12.4. The van der Waals surface area contributed by atoms with Crippen LogP contribution in [0.1, 0.15) is 119 Å². The van der Waals surface area contributed by atoms with Crippen molar-refractivity contribution in [1.82, 2.24) is 34.6 Å². The third kappa shape index (κ3) is 8.18. The zero-order valence-corrected chi connectivity index (χ0v) is 35.4. The molecule has 5 aliphatic heterocycles. The van der Waals surface area contributed by atoms with E-state index in [1.807, 2.05) is 39.0 Å². The van der Waals surface area contributed by atoms with E-state index in [-0.39, 0.29) is 49.8 Å². The summed E-state index contributed by atoms with van der Waals surface area (Å²) < 4.78 is 10.7. The molecule has 0 aromatic carbocycles. The van der Waals surface area contributed by atoms with E-state index in [1.54, 1.807) is 18.0 Å². The van der Waals surface area contributed by atoms with Gasteiger partial charge in [-0.05, 0) is 80.2 Å². The van der Waals surface area contributed by atoms with Crippen LogP contribution >= 0.6 is 0 Å². The highest BCUT2D eigenvalue weighted by Crippen LogP contribution is 2.45. The monoisotopic (exact) mass is 820 g/mol. The minimum Gasteiger partial charge on any atom is -0.460 e. The number of carbonyl (C=O) groups is 4. The van der Waals surface area contributed by atoms with Gasteiger partial charge in [0.05, 0.1) is 59.2 Å². The van der Waals surface area contributed by atoms with E-state index in [0.717, 1.165) is 28.1 Å². The molecule has 5 N–H and O–H groups in total. The lowest BCUT2D eigenvalue weighted by molar-refractivity contribution is -0.138. The van der Waals surface area contributed by atoms with Gasteiger partial charge >= 0.3 is 5.97 Å². The molecule has 2 atom stereocenters. The Morgan fingerprint density at radius 2 is 1.72 bits per heavy atom. The number of amides is 3. The molecule has 15 heteroatoms. The van der Waals surface area contributed by atoms with Gasteiger partial charge in [0.1, 0.15) is 6.61 Å². The maximum absolute atomic E-state index is 15.0. The van der Waals surface area contributed by atoms with E-state index in [9.17, 15) is 19.5 Å². The maximum Gasteiger partial charge on any atom is 0.330 e. The van der Waals surface area contributed by atoms with Gasteiger partial charge in [-0.25, -0.2) is 14.8 Å². The number of aliphatic hydroxyl groups excluding tert-OH is 1. The van der Waals surface area contributed by atoms with Gasteiger partial charge in [-0.3, -0.25) is 24.2 Å². The summed E-state index contributed by atoms with van der Waals surface area (Å²) in [6, 6.07) is 5.84. The Balaban J connectivity index is 1.49. The molecule has 0 aliphatic carbocycles. The van der Waals surface area contributed by atoms with Crippen LogP contribution in [-0.2, 0) is 19.1 Å². The second-order valence-corrected chi connectivity index (χ2v) is 16.0. The highest BCUT2D eigenvalue weighted by atomic mass is 16.5. The Kier molecular flexibility index (Phi) is 12.8. The Labute approximate surface area is 350 Å². The summed E-state index contributed by atoms with van der Waals surface area (Å²) in [7, 11) is 1.74. The lowest BCUT2D eigenvalue weighted by atomic mass is 9.84. The van der Waals surface area contributed by atoms with E-state index in [4.69, 9.17) is 25.2 Å². The van der Waals surface area contributed by atoms with Crippen molar-refractivity contribution in [3.8, 4) is 0 Å². The number of esters is 1. The standard InChI is InChI=1S/C45H56N8O7/c1-7-29-25(2)33-23-37-30(9-11-39(56)60-21-18-54)26(3)32(48-37)22-34-27(4)31(8-10-38(55)51(6)13-12-46)42(49-34)41-43-40(28(5)35(50-43)24-36(29)47-33)44(57)53(45(41)58)15-14-52-16-19-59-20-17-52/h9,11,22-24,27,31,49-50,54H,7-8,10,12-21,46H2,1-6H3/b11-9+,34-22?,36-24?,37-23?,42-41?/t27-,31-/m0/s1. The van der Waals surface area contributed by atoms with E-state index in [0.29, 0.717) is 115 Å². The molecule has 8 bridgehead atoms. The summed E-state index contributed by atoms with van der Waals surface area (Å²) in [5.41, 5.74) is 16.1. The summed E-state index contributed by atoms with van der Waals surface area (Å²) >= 11 is 0. The second kappa shape index (κ2) is 18.0. The molecule has 5 aliphatic rings. The van der Waals surface area contributed by atoms with Crippen LogP contribution in [0.3, 0.4) is 0 Å². The number of ether oxygens (including phenoxy) is 2. The third-order valence-electron chi connectivity index (χ3n) is 12.4. The average molecular weight is 821 g/mol. The number of morpholine rings is 1. The molecular formula is C45H56N8O7. The van der Waals surface area contributed by atoms with E-state index < -0.39 is 11.9 Å². The first-order chi connectivity index (χ1) is 28.9. The number of nitrogens with two attached hydrogens (primary N) is 1. The van der Waals surface area contributed by atoms with Gasteiger partial charge in [0.15, 0.2) is 0 Å². The molecule has 60 heavy (non-hydrogen) atoms. The van der Waals surface area contributed by atoms with E-state index in [1.165, 1.54) is 11.0 Å². The first-order valence-electron chi connectivity index (χ1n) is 20.9. The van der Waals surface area contributed by atoms with Crippen molar-refractivity contribution < 1.29 is 33.8 Å². The molecule has 0 spiro atoms. The molecule has 7 rings (SSSR count). The summed E-state index contributed by atoms with van der Waals surface area (Å²) in [5.74, 6) is -1.90. The molecule has 318 valence electrons. The van der Waals surface area contributed by atoms with Crippen molar-refractivity contribution in [3.05, 3.63) is 81.2 Å². The predicted octanol–water partition coefficient (Wildman–Crippen LogP) is 4.72. The molecule has 7 heterocycles. The zero-order valence-electron chi connectivity index (χ0n) is 35.4. The summed E-state index contributed by atoms with van der Waals surface area (Å²) in [6.07, 6.45) is 4.34. The number of fused-ring (bicyclic) bond motifs is 8. The van der Waals surface area contributed by atoms with Crippen molar-refractivity contribution in [2.45, 2.75) is 65.7 Å². The average Bonchev–Trinajstić information content (AvgIpc) is 3.91. The van der Waals surface area contributed by atoms with Crippen LogP contribution in [0.5, 0.6) is 0 Å². The van der Waals surface area contributed by atoms with Gasteiger partial charge in [0.25, 0.3) is 11.8 Å². The van der Waals surface area contributed by atoms with Gasteiger partial charge in [0.2, 0.25) is 5.91 Å². The number of rotatable bonds is 13. The number of carbonyl (C=O) groups excluding carboxylic acids is 4. The highest BCUT2D eigenvalue weighted by Gasteiger charge is 2.41. The number of hydrogen-bond donors (Lipinski definition) is 4. The summed E-state index contributed by atoms with van der Waals surface area (Å²) in [6.45, 7) is 13.7.